The fraction of sp³-hybridized carbons (Fsp3) is 0.778. The molecule has 1 spiro atoms. The van der Waals surface area contributed by atoms with E-state index in [-0.39, 0.29) is 12.0 Å². The van der Waals surface area contributed by atoms with Crippen LogP contribution in [-0.2, 0) is 26.4 Å². The number of piperidine rings is 1. The Kier molecular flexibility index (Phi) is 4.80. The van der Waals surface area contributed by atoms with E-state index in [2.05, 4.69) is 14.5 Å². The molecular formula is C18H28N4O3. The van der Waals surface area contributed by atoms with Gasteiger partial charge in [-0.15, -0.1) is 0 Å². The molecule has 0 bridgehead atoms. The summed E-state index contributed by atoms with van der Waals surface area (Å²) in [4.78, 5) is 21.9. The van der Waals surface area contributed by atoms with Gasteiger partial charge in [-0.25, -0.2) is 4.98 Å². The van der Waals surface area contributed by atoms with Gasteiger partial charge in [0.05, 0.1) is 13.2 Å². The molecule has 1 aromatic heterocycles. The molecule has 138 valence electrons. The van der Waals surface area contributed by atoms with Crippen LogP contribution in [0.15, 0.2) is 12.4 Å². The summed E-state index contributed by atoms with van der Waals surface area (Å²) in [6.45, 7) is 5.90. The van der Waals surface area contributed by atoms with Crippen LogP contribution < -0.4 is 0 Å². The zero-order valence-electron chi connectivity index (χ0n) is 15.0. The van der Waals surface area contributed by atoms with Crippen molar-refractivity contribution in [1.82, 2.24) is 19.4 Å². The Labute approximate surface area is 148 Å². The van der Waals surface area contributed by atoms with Gasteiger partial charge in [0.1, 0.15) is 11.4 Å². The molecule has 4 rings (SSSR count). The van der Waals surface area contributed by atoms with Crippen LogP contribution in [0.5, 0.6) is 0 Å². The monoisotopic (exact) mass is 348 g/mol. The number of carbonyl (C=O) groups excluding carboxylic acids is 1. The van der Waals surface area contributed by atoms with E-state index in [4.69, 9.17) is 9.47 Å². The Morgan fingerprint density at radius 1 is 1.32 bits per heavy atom. The Balaban J connectivity index is 1.50. The van der Waals surface area contributed by atoms with Crippen molar-refractivity contribution in [3.8, 4) is 0 Å². The number of likely N-dealkylation sites (tertiary alicyclic amines) is 2. The molecule has 2 fully saturated rings. The average molecular weight is 348 g/mol. The number of nitrogens with zero attached hydrogens (tertiary/aromatic N) is 4. The largest absolute Gasteiger partial charge is 0.383 e. The highest BCUT2D eigenvalue weighted by molar-refractivity contribution is 5.81. The fourth-order valence-corrected chi connectivity index (χ4v) is 4.37. The SMILES string of the molecule is COCCN1CCC2(CC1)O[C@@H](C(=O)N1CCCC1)Cn1ccnc12. The third kappa shape index (κ3) is 3.20. The van der Waals surface area contributed by atoms with Crippen LogP contribution in [0.3, 0.4) is 0 Å². The first kappa shape index (κ1) is 17.0. The van der Waals surface area contributed by atoms with Gasteiger partial charge in [0, 0.05) is 52.2 Å². The van der Waals surface area contributed by atoms with Gasteiger partial charge in [-0.2, -0.15) is 0 Å². The van der Waals surface area contributed by atoms with E-state index >= 15 is 0 Å². The zero-order chi connectivity index (χ0) is 17.3. The summed E-state index contributed by atoms with van der Waals surface area (Å²) in [5.41, 5.74) is -0.425. The van der Waals surface area contributed by atoms with Gasteiger partial charge in [0.25, 0.3) is 5.91 Å². The van der Waals surface area contributed by atoms with Gasteiger partial charge in [0.15, 0.2) is 6.10 Å². The van der Waals surface area contributed by atoms with Gasteiger partial charge in [-0.1, -0.05) is 0 Å². The second kappa shape index (κ2) is 7.05. The van der Waals surface area contributed by atoms with Gasteiger partial charge in [0.2, 0.25) is 0 Å². The third-order valence-corrected chi connectivity index (χ3v) is 5.82. The third-order valence-electron chi connectivity index (χ3n) is 5.82. The summed E-state index contributed by atoms with van der Waals surface area (Å²) in [7, 11) is 1.74. The fourth-order valence-electron chi connectivity index (χ4n) is 4.37. The van der Waals surface area contributed by atoms with Gasteiger partial charge < -0.3 is 23.8 Å². The lowest BCUT2D eigenvalue weighted by atomic mass is 9.88. The molecular weight excluding hydrogens is 320 g/mol. The molecule has 25 heavy (non-hydrogen) atoms. The molecule has 2 saturated heterocycles. The van der Waals surface area contributed by atoms with Crippen molar-refractivity contribution in [1.29, 1.82) is 0 Å². The van der Waals surface area contributed by atoms with E-state index in [1.165, 1.54) is 0 Å². The molecule has 3 aliphatic rings. The van der Waals surface area contributed by atoms with E-state index in [9.17, 15) is 4.79 Å². The highest BCUT2D eigenvalue weighted by atomic mass is 16.5. The highest BCUT2D eigenvalue weighted by Crippen LogP contribution is 2.40. The number of ether oxygens (including phenoxy) is 2. The van der Waals surface area contributed by atoms with Crippen LogP contribution in [0, 0.1) is 0 Å². The summed E-state index contributed by atoms with van der Waals surface area (Å²) in [6.07, 6.45) is 7.39. The summed E-state index contributed by atoms with van der Waals surface area (Å²) < 4.78 is 13.8. The molecule has 3 aliphatic heterocycles. The Morgan fingerprint density at radius 2 is 2.08 bits per heavy atom. The number of amides is 1. The van der Waals surface area contributed by atoms with E-state index in [0.29, 0.717) is 6.54 Å². The van der Waals surface area contributed by atoms with Crippen molar-refractivity contribution < 1.29 is 14.3 Å². The smallest absolute Gasteiger partial charge is 0.253 e. The van der Waals surface area contributed by atoms with Crippen LogP contribution in [0.1, 0.15) is 31.5 Å². The van der Waals surface area contributed by atoms with Gasteiger partial charge >= 0.3 is 0 Å². The maximum atomic E-state index is 12.9. The molecule has 7 nitrogen and oxygen atoms in total. The van der Waals surface area contributed by atoms with Crippen molar-refractivity contribution in [3.05, 3.63) is 18.2 Å². The molecule has 0 radical (unpaired) electrons. The van der Waals surface area contributed by atoms with E-state index in [0.717, 1.165) is 70.8 Å². The molecule has 1 aromatic rings. The van der Waals surface area contributed by atoms with E-state index in [1.807, 2.05) is 17.3 Å². The van der Waals surface area contributed by atoms with E-state index < -0.39 is 5.60 Å². The number of rotatable bonds is 4. The maximum absolute atomic E-state index is 12.9. The number of aromatic nitrogens is 2. The van der Waals surface area contributed by atoms with Crippen molar-refractivity contribution in [2.45, 2.75) is 43.9 Å². The van der Waals surface area contributed by atoms with Crippen molar-refractivity contribution in [2.24, 2.45) is 0 Å². The lowest BCUT2D eigenvalue weighted by molar-refractivity contribution is -0.180. The standard InChI is InChI=1S/C18H28N4O3/c1-24-13-12-20-9-4-18(5-10-20)17-19-6-11-22(17)14-15(25-18)16(23)21-7-2-3-8-21/h6,11,15H,2-5,7-10,12-14H2,1H3/t15-/m1/s1. The molecule has 7 heteroatoms. The van der Waals surface area contributed by atoms with Crippen LogP contribution in [0.25, 0.3) is 0 Å². The first-order chi connectivity index (χ1) is 12.2. The normalized spacial score (nSPS) is 26.1. The Bertz CT molecular complexity index is 603. The molecule has 0 aliphatic carbocycles. The summed E-state index contributed by atoms with van der Waals surface area (Å²) in [5, 5.41) is 0. The zero-order valence-corrected chi connectivity index (χ0v) is 15.0. The molecule has 0 unspecified atom stereocenters. The van der Waals surface area contributed by atoms with Crippen LogP contribution in [0.2, 0.25) is 0 Å². The summed E-state index contributed by atoms with van der Waals surface area (Å²) in [6, 6.07) is 0. The molecule has 0 aromatic carbocycles. The second-order valence-electron chi connectivity index (χ2n) is 7.37. The van der Waals surface area contributed by atoms with Gasteiger partial charge in [-0.3, -0.25) is 4.79 Å². The first-order valence-corrected chi connectivity index (χ1v) is 9.41. The second-order valence-corrected chi connectivity index (χ2v) is 7.37. The number of hydrogen-bond acceptors (Lipinski definition) is 5. The number of imidazole rings is 1. The Morgan fingerprint density at radius 3 is 2.80 bits per heavy atom. The van der Waals surface area contributed by atoms with Crippen molar-refractivity contribution >= 4 is 5.91 Å². The number of fused-ring (bicyclic) bond motifs is 2. The first-order valence-electron chi connectivity index (χ1n) is 9.41. The molecule has 1 atom stereocenters. The topological polar surface area (TPSA) is 59.8 Å². The number of methoxy groups -OCH3 is 1. The minimum atomic E-state index is -0.425. The molecule has 0 saturated carbocycles. The lowest BCUT2D eigenvalue weighted by Crippen LogP contribution is -2.54. The number of hydrogen-bond donors (Lipinski definition) is 0. The Hall–Kier alpha value is -1.44. The van der Waals surface area contributed by atoms with Crippen molar-refractivity contribution in [3.63, 3.8) is 0 Å². The van der Waals surface area contributed by atoms with Gasteiger partial charge in [-0.05, 0) is 25.7 Å². The predicted molar refractivity (Wildman–Crippen MR) is 92.1 cm³/mol. The number of carbonyl (C=O) groups is 1. The average Bonchev–Trinajstić information content (AvgIpc) is 3.32. The van der Waals surface area contributed by atoms with Crippen LogP contribution in [-0.4, -0.2) is 77.8 Å². The summed E-state index contributed by atoms with van der Waals surface area (Å²) >= 11 is 0. The minimum absolute atomic E-state index is 0.151. The summed E-state index contributed by atoms with van der Waals surface area (Å²) in [5.74, 6) is 1.14. The maximum Gasteiger partial charge on any atom is 0.253 e. The predicted octanol–water partition coefficient (Wildman–Crippen LogP) is 0.842. The highest BCUT2D eigenvalue weighted by Gasteiger charge is 2.47. The van der Waals surface area contributed by atoms with Crippen molar-refractivity contribution in [2.75, 3.05) is 46.4 Å². The minimum Gasteiger partial charge on any atom is -0.383 e. The quantitative estimate of drug-likeness (QED) is 0.807. The molecule has 4 heterocycles. The van der Waals surface area contributed by atoms with Crippen LogP contribution >= 0.6 is 0 Å². The van der Waals surface area contributed by atoms with E-state index in [1.54, 1.807) is 7.11 Å². The van der Waals surface area contributed by atoms with Crippen LogP contribution in [0.4, 0.5) is 0 Å². The molecule has 1 amide bonds. The molecule has 0 N–H and O–H groups in total. The lowest BCUT2D eigenvalue weighted by Gasteiger charge is -2.46.